The molecule has 0 aliphatic carbocycles. The number of aliphatic hydroxyl groups is 1. The molecule has 47 heavy (non-hydrogen) atoms. The van der Waals surface area contributed by atoms with E-state index in [1.54, 1.807) is 69.3 Å². The molecule has 0 unspecified atom stereocenters. The molecule has 0 spiro atoms. The zero-order valence-electron chi connectivity index (χ0n) is 27.5. The van der Waals surface area contributed by atoms with Gasteiger partial charge in [-0.25, -0.2) is 4.99 Å². The second kappa shape index (κ2) is 15.5. The molecule has 4 rings (SSSR count). The highest BCUT2D eigenvalue weighted by Crippen LogP contribution is 2.46. The van der Waals surface area contributed by atoms with Gasteiger partial charge in [-0.1, -0.05) is 41.5 Å². The Morgan fingerprint density at radius 1 is 1.09 bits per heavy atom. The van der Waals surface area contributed by atoms with Crippen LogP contribution in [0.3, 0.4) is 0 Å². The van der Waals surface area contributed by atoms with E-state index in [-0.39, 0.29) is 37.6 Å². The molecule has 2 N–H and O–H groups in total. The van der Waals surface area contributed by atoms with Crippen molar-refractivity contribution in [2.45, 2.75) is 63.8 Å². The van der Waals surface area contributed by atoms with Crippen molar-refractivity contribution in [1.29, 1.82) is 0 Å². The van der Waals surface area contributed by atoms with Crippen molar-refractivity contribution in [3.63, 3.8) is 0 Å². The molecule has 0 fully saturated rings. The van der Waals surface area contributed by atoms with Crippen molar-refractivity contribution in [3.8, 4) is 5.75 Å². The van der Waals surface area contributed by atoms with Crippen molar-refractivity contribution >= 4 is 29.1 Å². The van der Waals surface area contributed by atoms with E-state index in [0.29, 0.717) is 29.9 Å². The number of esters is 1. The Balaban J connectivity index is 1.76. The van der Waals surface area contributed by atoms with Crippen LogP contribution in [0.1, 0.15) is 62.8 Å². The zero-order valence-corrected chi connectivity index (χ0v) is 27.5. The molecular weight excluding hydrogens is 600 g/mol. The van der Waals surface area contributed by atoms with Gasteiger partial charge in [0.25, 0.3) is 5.91 Å². The number of benzene rings is 3. The molecule has 1 aliphatic rings. The van der Waals surface area contributed by atoms with Crippen LogP contribution in [0.25, 0.3) is 10.4 Å². The highest BCUT2D eigenvalue weighted by Gasteiger charge is 2.53. The summed E-state index contributed by atoms with van der Waals surface area (Å²) >= 11 is 0. The Labute approximate surface area is 275 Å². The maximum absolute atomic E-state index is 14.4. The lowest BCUT2D eigenvalue weighted by atomic mass is 9.82. The molecule has 2 atom stereocenters. The number of azide groups is 1. The number of aliphatic hydroxyl groups excluding tert-OH is 1. The van der Waals surface area contributed by atoms with Crippen LogP contribution < -0.4 is 15.0 Å². The molecule has 248 valence electrons. The Morgan fingerprint density at radius 2 is 1.79 bits per heavy atom. The summed E-state index contributed by atoms with van der Waals surface area (Å²) in [5, 5.41) is 16.0. The van der Waals surface area contributed by atoms with Gasteiger partial charge in [0.2, 0.25) is 5.90 Å². The average molecular weight is 643 g/mol. The van der Waals surface area contributed by atoms with Gasteiger partial charge in [0.15, 0.2) is 11.6 Å². The van der Waals surface area contributed by atoms with Crippen LogP contribution in [0.15, 0.2) is 82.9 Å². The van der Waals surface area contributed by atoms with Gasteiger partial charge in [0.1, 0.15) is 11.4 Å². The van der Waals surface area contributed by atoms with E-state index in [9.17, 15) is 15.1 Å². The number of nitrogens with one attached hydrogen (secondary N) is 1. The Hall–Kier alpha value is -5.06. The lowest BCUT2D eigenvalue weighted by molar-refractivity contribution is -0.155. The predicted octanol–water partition coefficient (Wildman–Crippen LogP) is 6.15. The fourth-order valence-electron chi connectivity index (χ4n) is 5.13. The Morgan fingerprint density at radius 3 is 2.43 bits per heavy atom. The number of carbonyl (C=O) groups is 2. The van der Waals surface area contributed by atoms with E-state index < -0.39 is 29.1 Å². The molecule has 1 aliphatic heterocycles. The van der Waals surface area contributed by atoms with Crippen LogP contribution >= 0.6 is 0 Å². The first-order valence-corrected chi connectivity index (χ1v) is 15.5. The maximum atomic E-state index is 14.4. The molecule has 12 heteroatoms. The van der Waals surface area contributed by atoms with Crippen molar-refractivity contribution in [3.05, 3.63) is 99.9 Å². The van der Waals surface area contributed by atoms with E-state index in [4.69, 9.17) is 24.3 Å². The van der Waals surface area contributed by atoms with Crippen molar-refractivity contribution in [2.24, 2.45) is 10.1 Å². The van der Waals surface area contributed by atoms with Gasteiger partial charge in [0, 0.05) is 67.5 Å². The van der Waals surface area contributed by atoms with E-state index in [2.05, 4.69) is 15.3 Å². The summed E-state index contributed by atoms with van der Waals surface area (Å²) in [7, 11) is 3.90. The molecule has 0 bridgehead atoms. The molecule has 1 amide bonds. The zero-order chi connectivity index (χ0) is 34.0. The van der Waals surface area contributed by atoms with Crippen LogP contribution in [0.4, 0.5) is 11.4 Å². The van der Waals surface area contributed by atoms with Crippen LogP contribution in [-0.2, 0) is 25.6 Å². The minimum Gasteiger partial charge on any atom is -0.494 e. The normalized spacial score (nSPS) is 17.1. The number of hydrogen-bond acceptors (Lipinski definition) is 9. The van der Waals surface area contributed by atoms with Gasteiger partial charge in [-0.15, -0.1) is 0 Å². The third-order valence-corrected chi connectivity index (χ3v) is 7.44. The standard InChI is InChI=1S/C35H42N6O6/c1-34(2,3)47-30(43)19-20-35(33(44)37-23-24-11-15-26(16-12-24)41(4)5)31(28-9-6-7-10-29(28)39-40-36)46-32(38-35)25-13-17-27(18-14-25)45-22-8-21-42/h6-7,9-18,31,42H,8,19-23H2,1-5H3,(H,37,44)/t31-,35-/m1/s1. The summed E-state index contributed by atoms with van der Waals surface area (Å²) in [4.78, 5) is 37.4. The lowest BCUT2D eigenvalue weighted by Crippen LogP contribution is -2.48. The molecule has 3 aromatic rings. The summed E-state index contributed by atoms with van der Waals surface area (Å²) < 4.78 is 17.8. The minimum atomic E-state index is -1.63. The number of amides is 1. The minimum absolute atomic E-state index is 0.0241. The molecule has 12 nitrogen and oxygen atoms in total. The summed E-state index contributed by atoms with van der Waals surface area (Å²) in [5.41, 5.74) is 10.2. The van der Waals surface area contributed by atoms with Gasteiger partial charge in [-0.3, -0.25) is 9.59 Å². The Bertz CT molecular complexity index is 1610. The smallest absolute Gasteiger partial charge is 0.306 e. The van der Waals surface area contributed by atoms with Crippen LogP contribution in [0, 0.1) is 0 Å². The van der Waals surface area contributed by atoms with Crippen molar-refractivity contribution < 1.29 is 28.9 Å². The second-order valence-corrected chi connectivity index (χ2v) is 12.4. The van der Waals surface area contributed by atoms with Crippen LogP contribution in [0.2, 0.25) is 0 Å². The van der Waals surface area contributed by atoms with Crippen LogP contribution in [0.5, 0.6) is 5.75 Å². The predicted molar refractivity (Wildman–Crippen MR) is 180 cm³/mol. The molecule has 0 radical (unpaired) electrons. The highest BCUT2D eigenvalue weighted by molar-refractivity contribution is 6.01. The average Bonchev–Trinajstić information content (AvgIpc) is 3.43. The van der Waals surface area contributed by atoms with Gasteiger partial charge in [-0.05, 0) is 74.7 Å². The molecule has 0 saturated heterocycles. The molecular formula is C35H42N6O6. The van der Waals surface area contributed by atoms with E-state index in [1.807, 2.05) is 43.3 Å². The molecule has 0 saturated carbocycles. The Kier molecular flexibility index (Phi) is 11.5. The van der Waals surface area contributed by atoms with E-state index in [0.717, 1.165) is 11.3 Å². The molecule has 3 aromatic carbocycles. The largest absolute Gasteiger partial charge is 0.494 e. The van der Waals surface area contributed by atoms with Crippen molar-refractivity contribution in [1.82, 2.24) is 5.32 Å². The monoisotopic (exact) mass is 642 g/mol. The third-order valence-electron chi connectivity index (χ3n) is 7.44. The first-order valence-electron chi connectivity index (χ1n) is 15.5. The fraction of sp³-hybridized carbons (Fsp3) is 0.400. The SMILES string of the molecule is CN(C)c1ccc(CNC(=O)[C@]2(CCC(=O)OC(C)(C)C)N=C(c3ccc(OCCCO)cc3)O[C@@H]2c2ccccc2N=[N+]=[N-])cc1. The van der Waals surface area contributed by atoms with Gasteiger partial charge in [-0.2, -0.15) is 0 Å². The fourth-order valence-corrected chi connectivity index (χ4v) is 5.13. The summed E-state index contributed by atoms with van der Waals surface area (Å²) in [6.07, 6.45) is -0.716. The number of carbonyl (C=O) groups excluding carboxylic acids is 2. The quantitative estimate of drug-likeness (QED) is 0.0701. The topological polar surface area (TPSA) is 158 Å². The summed E-state index contributed by atoms with van der Waals surface area (Å²) in [6.45, 7) is 5.92. The third kappa shape index (κ3) is 9.02. The maximum Gasteiger partial charge on any atom is 0.306 e. The highest BCUT2D eigenvalue weighted by atomic mass is 16.6. The van der Waals surface area contributed by atoms with Gasteiger partial charge in [0.05, 0.1) is 6.61 Å². The summed E-state index contributed by atoms with van der Waals surface area (Å²) in [6, 6.07) is 21.7. The van der Waals surface area contributed by atoms with Crippen LogP contribution in [-0.4, -0.2) is 61.3 Å². The number of nitrogens with zero attached hydrogens (tertiary/aromatic N) is 5. The summed E-state index contributed by atoms with van der Waals surface area (Å²) in [5.74, 6) is -0.168. The first kappa shape index (κ1) is 34.8. The number of rotatable bonds is 14. The number of hydrogen-bond donors (Lipinski definition) is 2. The second-order valence-electron chi connectivity index (χ2n) is 12.4. The van der Waals surface area contributed by atoms with E-state index in [1.165, 1.54) is 0 Å². The molecule has 0 aromatic heterocycles. The molecule has 1 heterocycles. The van der Waals surface area contributed by atoms with E-state index >= 15 is 0 Å². The van der Waals surface area contributed by atoms with Gasteiger partial charge < -0.3 is 29.5 Å². The van der Waals surface area contributed by atoms with Gasteiger partial charge >= 0.3 is 5.97 Å². The lowest BCUT2D eigenvalue weighted by Gasteiger charge is -2.31. The first-order chi connectivity index (χ1) is 22.5. The van der Waals surface area contributed by atoms with Crippen molar-refractivity contribution in [2.75, 3.05) is 32.2 Å². The number of ether oxygens (including phenoxy) is 3. The number of anilines is 1. The number of aliphatic imine (C=N–C) groups is 1.